The van der Waals surface area contributed by atoms with E-state index < -0.39 is 12.3 Å². The van der Waals surface area contributed by atoms with Crippen LogP contribution in [0, 0.1) is 0 Å². The lowest BCUT2D eigenvalue weighted by Gasteiger charge is -2.09. The van der Waals surface area contributed by atoms with Crippen molar-refractivity contribution in [2.45, 2.75) is 12.8 Å². The summed E-state index contributed by atoms with van der Waals surface area (Å²) in [5.41, 5.74) is 7.96. The third kappa shape index (κ3) is 4.42. The number of rotatable bonds is 5. The number of aromatic nitrogens is 3. The van der Waals surface area contributed by atoms with E-state index in [1.807, 2.05) is 0 Å². The summed E-state index contributed by atoms with van der Waals surface area (Å²) >= 11 is 0. The lowest BCUT2D eigenvalue weighted by Crippen LogP contribution is -2.17. The van der Waals surface area contributed by atoms with Crippen molar-refractivity contribution in [2.24, 2.45) is 5.73 Å². The van der Waals surface area contributed by atoms with Crippen molar-refractivity contribution >= 4 is 11.6 Å². The molecule has 2 aromatic carbocycles. The average Bonchev–Trinajstić information content (AvgIpc) is 3.11. The maximum Gasteiger partial charge on any atom is 0.573 e. The molecule has 158 valence electrons. The van der Waals surface area contributed by atoms with E-state index in [0.717, 1.165) is 5.56 Å². The minimum Gasteiger partial charge on any atom is -0.506 e. The molecule has 3 N–H and O–H groups in total. The van der Waals surface area contributed by atoms with E-state index >= 15 is 0 Å². The van der Waals surface area contributed by atoms with Crippen molar-refractivity contribution in [2.75, 3.05) is 0 Å². The fourth-order valence-corrected chi connectivity index (χ4v) is 3.12. The number of ether oxygens (including phenoxy) is 1. The van der Waals surface area contributed by atoms with Gasteiger partial charge in [-0.05, 0) is 29.8 Å². The van der Waals surface area contributed by atoms with Crippen LogP contribution in [0.25, 0.3) is 16.9 Å². The first-order valence-corrected chi connectivity index (χ1v) is 9.00. The van der Waals surface area contributed by atoms with Crippen molar-refractivity contribution in [1.82, 2.24) is 14.4 Å². The molecule has 7 nitrogen and oxygen atoms in total. The molecule has 0 bridgehead atoms. The number of nitrogens with two attached hydrogens (primary N) is 1. The van der Waals surface area contributed by atoms with Crippen LogP contribution in [0.2, 0.25) is 0 Å². The molecule has 0 spiro atoms. The number of hydrogen-bond acceptors (Lipinski definition) is 5. The van der Waals surface area contributed by atoms with Crippen LogP contribution in [0.3, 0.4) is 0 Å². The van der Waals surface area contributed by atoms with Crippen LogP contribution in [-0.2, 0) is 6.42 Å². The zero-order chi connectivity index (χ0) is 22.2. The number of para-hydroxylation sites is 1. The maximum atomic E-state index is 12.3. The van der Waals surface area contributed by atoms with Gasteiger partial charge in [0.25, 0.3) is 5.91 Å². The van der Waals surface area contributed by atoms with Gasteiger partial charge in [-0.25, -0.2) is 9.97 Å². The number of hydrogen-bond donors (Lipinski definition) is 2. The normalized spacial score (nSPS) is 11.6. The largest absolute Gasteiger partial charge is 0.573 e. The molecule has 2 aromatic heterocycles. The van der Waals surface area contributed by atoms with Crippen molar-refractivity contribution in [3.63, 3.8) is 0 Å². The van der Waals surface area contributed by atoms with E-state index in [1.54, 1.807) is 28.8 Å². The van der Waals surface area contributed by atoms with E-state index in [2.05, 4.69) is 14.7 Å². The highest BCUT2D eigenvalue weighted by atomic mass is 19.4. The molecule has 0 saturated carbocycles. The van der Waals surface area contributed by atoms with Gasteiger partial charge in [-0.2, -0.15) is 0 Å². The van der Waals surface area contributed by atoms with Crippen LogP contribution in [0.15, 0.2) is 61.1 Å². The highest BCUT2D eigenvalue weighted by molar-refractivity contribution is 5.97. The highest BCUT2D eigenvalue weighted by Gasteiger charge is 2.30. The molecule has 2 heterocycles. The monoisotopic (exact) mass is 428 g/mol. The highest BCUT2D eigenvalue weighted by Crippen LogP contribution is 2.31. The fourth-order valence-electron chi connectivity index (χ4n) is 3.12. The number of carbonyl (C=O) groups excluding carboxylic acids is 1. The smallest absolute Gasteiger partial charge is 0.506 e. The molecule has 0 saturated heterocycles. The van der Waals surface area contributed by atoms with Crippen molar-refractivity contribution in [3.8, 4) is 22.8 Å². The van der Waals surface area contributed by atoms with E-state index in [0.29, 0.717) is 29.0 Å². The Balaban J connectivity index is 1.59. The standard InChI is InChI=1S/C21H15F3N4O3/c22-21(23,24)31-14-6-4-12(5-7-14)8-13-9-18-27-17(10-28(18)11-26-13)15-2-1-3-16(19(15)29)20(25)30/h1-7,9-11,29H,8H2,(H2,25,30). The molecule has 0 unspecified atom stereocenters. The number of aromatic hydroxyl groups is 1. The van der Waals surface area contributed by atoms with Crippen LogP contribution in [0.5, 0.6) is 11.5 Å². The number of primary amides is 1. The van der Waals surface area contributed by atoms with Gasteiger partial charge in [0.1, 0.15) is 23.5 Å². The number of phenols is 1. The molecular formula is C21H15F3N4O3. The van der Waals surface area contributed by atoms with Crippen molar-refractivity contribution < 1.29 is 27.8 Å². The Hall–Kier alpha value is -4.08. The second-order valence-corrected chi connectivity index (χ2v) is 6.71. The Morgan fingerprint density at radius 3 is 2.58 bits per heavy atom. The Bertz CT molecular complexity index is 1270. The van der Waals surface area contributed by atoms with Crippen LogP contribution in [0.4, 0.5) is 13.2 Å². The topological polar surface area (TPSA) is 103 Å². The van der Waals surface area contributed by atoms with E-state index in [9.17, 15) is 23.1 Å². The number of alkyl halides is 3. The summed E-state index contributed by atoms with van der Waals surface area (Å²) in [6.45, 7) is 0. The SMILES string of the molecule is NC(=O)c1cccc(-c2cn3cnc(Cc4ccc(OC(F)(F)F)cc4)cc3n2)c1O. The summed E-state index contributed by atoms with van der Waals surface area (Å²) in [6, 6.07) is 11.9. The predicted octanol–water partition coefficient (Wildman–Crippen LogP) is 3.69. The van der Waals surface area contributed by atoms with Gasteiger partial charge in [-0.1, -0.05) is 18.2 Å². The molecule has 0 radical (unpaired) electrons. The van der Waals surface area contributed by atoms with Crippen molar-refractivity contribution in [1.29, 1.82) is 0 Å². The summed E-state index contributed by atoms with van der Waals surface area (Å²) in [7, 11) is 0. The Morgan fingerprint density at radius 2 is 1.90 bits per heavy atom. The van der Waals surface area contributed by atoms with Gasteiger partial charge in [0.05, 0.1) is 17.0 Å². The van der Waals surface area contributed by atoms with E-state index in [-0.39, 0.29) is 17.1 Å². The van der Waals surface area contributed by atoms with Crippen molar-refractivity contribution in [3.05, 3.63) is 77.9 Å². The lowest BCUT2D eigenvalue weighted by molar-refractivity contribution is -0.274. The fraction of sp³-hybridized carbons (Fsp3) is 0.0952. The molecule has 4 rings (SSSR count). The van der Waals surface area contributed by atoms with E-state index in [1.165, 1.54) is 36.7 Å². The first-order valence-electron chi connectivity index (χ1n) is 9.00. The van der Waals surface area contributed by atoms with Gasteiger partial charge in [0.2, 0.25) is 0 Å². The first kappa shape index (κ1) is 20.2. The third-order valence-corrected chi connectivity index (χ3v) is 4.52. The average molecular weight is 428 g/mol. The molecule has 31 heavy (non-hydrogen) atoms. The summed E-state index contributed by atoms with van der Waals surface area (Å²) in [5.74, 6) is -1.30. The van der Waals surface area contributed by atoms with Crippen LogP contribution in [-0.4, -0.2) is 31.7 Å². The lowest BCUT2D eigenvalue weighted by atomic mass is 10.1. The second-order valence-electron chi connectivity index (χ2n) is 6.71. The van der Waals surface area contributed by atoms with Gasteiger partial charge in [0, 0.05) is 24.2 Å². The molecule has 1 amide bonds. The van der Waals surface area contributed by atoms with Crippen LogP contribution >= 0.6 is 0 Å². The molecular weight excluding hydrogens is 413 g/mol. The quantitative estimate of drug-likeness (QED) is 0.505. The molecule has 0 fully saturated rings. The predicted molar refractivity (Wildman–Crippen MR) is 105 cm³/mol. The number of halogens is 3. The molecule has 10 heteroatoms. The first-order chi connectivity index (χ1) is 14.7. The number of benzene rings is 2. The zero-order valence-electron chi connectivity index (χ0n) is 15.8. The minimum absolute atomic E-state index is 0.00804. The molecule has 4 aromatic rings. The molecule has 0 aliphatic rings. The van der Waals surface area contributed by atoms with Gasteiger partial charge in [0.15, 0.2) is 0 Å². The zero-order valence-corrected chi connectivity index (χ0v) is 15.8. The Kier molecular flexibility index (Phi) is 4.97. The summed E-state index contributed by atoms with van der Waals surface area (Å²) in [5, 5.41) is 10.3. The summed E-state index contributed by atoms with van der Waals surface area (Å²) < 4.78 is 42.3. The summed E-state index contributed by atoms with van der Waals surface area (Å²) in [6.07, 6.45) is -1.18. The number of carbonyl (C=O) groups is 1. The molecule has 0 atom stereocenters. The number of fused-ring (bicyclic) bond motifs is 1. The maximum absolute atomic E-state index is 12.3. The van der Waals surface area contributed by atoms with Gasteiger partial charge >= 0.3 is 6.36 Å². The van der Waals surface area contributed by atoms with Gasteiger partial charge in [-0.3, -0.25) is 9.20 Å². The molecule has 0 aliphatic carbocycles. The number of nitrogens with zero attached hydrogens (tertiary/aromatic N) is 3. The van der Waals surface area contributed by atoms with E-state index in [4.69, 9.17) is 5.73 Å². The Morgan fingerprint density at radius 1 is 1.16 bits per heavy atom. The second kappa shape index (κ2) is 7.63. The van der Waals surface area contributed by atoms with Gasteiger partial charge < -0.3 is 15.6 Å². The van der Waals surface area contributed by atoms with Crippen LogP contribution in [0.1, 0.15) is 21.6 Å². The minimum atomic E-state index is -4.74. The summed E-state index contributed by atoms with van der Waals surface area (Å²) in [4.78, 5) is 20.2. The van der Waals surface area contributed by atoms with Gasteiger partial charge in [-0.15, -0.1) is 13.2 Å². The third-order valence-electron chi connectivity index (χ3n) is 4.52. The molecule has 0 aliphatic heterocycles. The number of imidazole rings is 1. The Labute approximate surface area is 173 Å². The number of amides is 1. The van der Waals surface area contributed by atoms with Crippen LogP contribution < -0.4 is 10.5 Å².